The van der Waals surface area contributed by atoms with Crippen LogP contribution in [0.3, 0.4) is 0 Å². The molecule has 47 heavy (non-hydrogen) atoms. The molecule has 8 rings (SSSR count). The lowest BCUT2D eigenvalue weighted by molar-refractivity contribution is -0.384. The fourth-order valence-corrected chi connectivity index (χ4v) is 6.30. The lowest BCUT2D eigenvalue weighted by Crippen LogP contribution is -1.92. The average Bonchev–Trinajstić information content (AvgIpc) is 3.93. The molecule has 3 aromatic heterocycles. The number of H-pyrrole nitrogens is 2. The number of nitrogens with zero attached hydrogens (tertiary/aromatic N) is 3. The van der Waals surface area contributed by atoms with E-state index in [1.807, 2.05) is 85.0 Å². The van der Waals surface area contributed by atoms with Crippen molar-refractivity contribution >= 4 is 68.0 Å². The maximum absolute atomic E-state index is 11.6. The monoisotopic (exact) mass is 677 g/mol. The van der Waals surface area contributed by atoms with E-state index in [0.29, 0.717) is 22.7 Å². The van der Waals surface area contributed by atoms with Gasteiger partial charge in [0.2, 0.25) is 0 Å². The molecule has 0 spiro atoms. The van der Waals surface area contributed by atoms with Gasteiger partial charge in [-0.2, -0.15) is 0 Å². The van der Waals surface area contributed by atoms with Crippen LogP contribution in [-0.4, -0.2) is 24.9 Å². The summed E-state index contributed by atoms with van der Waals surface area (Å²) in [5.74, 6) is 0.745. The van der Waals surface area contributed by atoms with Crippen LogP contribution in [0.15, 0.2) is 114 Å². The number of aromatic amines is 2. The number of rotatable bonds is 5. The van der Waals surface area contributed by atoms with E-state index in [2.05, 4.69) is 50.2 Å². The third-order valence-corrected chi connectivity index (χ3v) is 8.85. The number of nitrogens with one attached hydrogen (secondary N) is 2. The lowest BCUT2D eigenvalue weighted by Gasteiger charge is -2.07. The van der Waals surface area contributed by atoms with Crippen molar-refractivity contribution in [2.45, 2.75) is 0 Å². The first-order chi connectivity index (χ1) is 23.0. The van der Waals surface area contributed by atoms with E-state index in [-0.39, 0.29) is 5.69 Å². The summed E-state index contributed by atoms with van der Waals surface area (Å²) in [5, 5.41) is 11.6. The van der Waals surface area contributed by atoms with Crippen LogP contribution in [0.1, 0.15) is 22.8 Å². The van der Waals surface area contributed by atoms with Gasteiger partial charge in [-0.3, -0.25) is 10.1 Å². The largest absolute Gasteiger partial charge is 0.453 e. The highest BCUT2D eigenvalue weighted by molar-refractivity contribution is 9.10. The molecule has 0 unspecified atom stereocenters. The summed E-state index contributed by atoms with van der Waals surface area (Å²) in [4.78, 5) is 28.5. The molecule has 2 N–H and O–H groups in total. The van der Waals surface area contributed by atoms with Crippen molar-refractivity contribution in [3.05, 3.63) is 147 Å². The predicted octanol–water partition coefficient (Wildman–Crippen LogP) is 10.5. The van der Waals surface area contributed by atoms with Crippen LogP contribution in [-0.2, 0) is 0 Å². The van der Waals surface area contributed by atoms with Gasteiger partial charge >= 0.3 is 0 Å². The Morgan fingerprint density at radius 1 is 0.596 bits per heavy atom. The summed E-state index contributed by atoms with van der Waals surface area (Å²) in [5.41, 5.74) is 9.85. The molecular weight excluding hydrogens is 654 g/mol. The fourth-order valence-electron chi connectivity index (χ4n) is 5.85. The van der Waals surface area contributed by atoms with Crippen molar-refractivity contribution < 1.29 is 9.66 Å². The second-order valence-corrected chi connectivity index (χ2v) is 11.8. The van der Waals surface area contributed by atoms with E-state index >= 15 is 0 Å². The predicted molar refractivity (Wildman–Crippen MR) is 191 cm³/mol. The number of fused-ring (bicyclic) bond motifs is 8. The number of nitro benzene ring substituents is 1. The molecule has 8 bridgehead atoms. The summed E-state index contributed by atoms with van der Waals surface area (Å²) in [6, 6.07) is 34.3. The highest BCUT2D eigenvalue weighted by Crippen LogP contribution is 2.38. The molecule has 0 fully saturated rings. The summed E-state index contributed by atoms with van der Waals surface area (Å²) in [6.45, 7) is 0. The molecule has 2 aliphatic heterocycles. The smallest absolute Gasteiger partial charge is 0.273 e. The number of ether oxygens (including phenoxy) is 1. The third-order valence-electron chi connectivity index (χ3n) is 8.01. The van der Waals surface area contributed by atoms with Gasteiger partial charge in [0, 0.05) is 28.2 Å². The minimum absolute atomic E-state index is 0.0670. The molecule has 0 aliphatic carbocycles. The number of benzene rings is 3. The van der Waals surface area contributed by atoms with E-state index in [0.717, 1.165) is 60.4 Å². The molecule has 0 radical (unpaired) electrons. The first-order valence-electron chi connectivity index (χ1n) is 14.9. The Balaban J connectivity index is 1.50. The fraction of sp³-hybridized carbons (Fsp3) is 0. The summed E-state index contributed by atoms with van der Waals surface area (Å²) >= 11 is 3.82. The first kappa shape index (κ1) is 28.4. The normalized spacial score (nSPS) is 11.9. The molecule has 8 nitrogen and oxygen atoms in total. The Morgan fingerprint density at radius 2 is 1.13 bits per heavy atom. The quantitative estimate of drug-likeness (QED) is 0.139. The SMILES string of the molecule is O=[N+]([O-])c1cccc(Oc2c3nc(c(-c4ccccc4)c4ccc([nH]4)c(Br)c4nc(c(-c5ccccc5)c5ccc2[nH]5)C=C4)C=C3)c1. The zero-order chi connectivity index (χ0) is 31.9. The molecule has 0 amide bonds. The van der Waals surface area contributed by atoms with Gasteiger partial charge in [-0.25, -0.2) is 9.97 Å². The molecule has 3 aromatic carbocycles. The molecule has 6 aromatic rings. The molecular formula is C38H24BrN5O3. The van der Waals surface area contributed by atoms with E-state index in [9.17, 15) is 10.1 Å². The van der Waals surface area contributed by atoms with Crippen LogP contribution < -0.4 is 4.74 Å². The lowest BCUT2D eigenvalue weighted by atomic mass is 10.0. The Kier molecular flexibility index (Phi) is 7.08. The van der Waals surface area contributed by atoms with Crippen molar-refractivity contribution in [3.63, 3.8) is 0 Å². The van der Waals surface area contributed by atoms with E-state index in [4.69, 9.17) is 14.7 Å². The summed E-state index contributed by atoms with van der Waals surface area (Å²) in [7, 11) is 0. The first-order valence-corrected chi connectivity index (χ1v) is 15.7. The van der Waals surface area contributed by atoms with Gasteiger partial charge in [-0.1, -0.05) is 66.7 Å². The maximum atomic E-state index is 11.6. The second kappa shape index (κ2) is 11.7. The van der Waals surface area contributed by atoms with Crippen LogP contribution in [0, 0.1) is 10.1 Å². The molecule has 0 atom stereocenters. The van der Waals surface area contributed by atoms with E-state index < -0.39 is 4.92 Å². The number of aromatic nitrogens is 4. The molecule has 0 saturated carbocycles. The molecule has 5 heterocycles. The minimum atomic E-state index is -0.439. The highest BCUT2D eigenvalue weighted by Gasteiger charge is 2.18. The maximum Gasteiger partial charge on any atom is 0.273 e. The van der Waals surface area contributed by atoms with E-state index in [1.165, 1.54) is 12.1 Å². The zero-order valence-electron chi connectivity index (χ0n) is 24.6. The van der Waals surface area contributed by atoms with Crippen LogP contribution >= 0.6 is 15.9 Å². The third kappa shape index (κ3) is 5.32. The highest BCUT2D eigenvalue weighted by atomic mass is 79.9. The topological polar surface area (TPSA) is 110 Å². The van der Waals surface area contributed by atoms with Gasteiger partial charge in [0.25, 0.3) is 5.69 Å². The number of non-ortho nitro benzene ring substituents is 1. The Labute approximate surface area is 277 Å². The number of halogens is 1. The minimum Gasteiger partial charge on any atom is -0.453 e. The van der Waals surface area contributed by atoms with Crippen molar-refractivity contribution in [2.75, 3.05) is 0 Å². The van der Waals surface area contributed by atoms with Crippen LogP contribution in [0.25, 0.3) is 68.6 Å². The van der Waals surface area contributed by atoms with Crippen LogP contribution in [0.2, 0.25) is 0 Å². The summed E-state index contributed by atoms with van der Waals surface area (Å²) < 4.78 is 7.30. The Bertz CT molecular complexity index is 2390. The van der Waals surface area contributed by atoms with E-state index in [1.54, 1.807) is 12.1 Å². The van der Waals surface area contributed by atoms with Gasteiger partial charge in [0.05, 0.1) is 43.6 Å². The van der Waals surface area contributed by atoms with Crippen LogP contribution in [0.4, 0.5) is 5.69 Å². The van der Waals surface area contributed by atoms with Crippen LogP contribution in [0.5, 0.6) is 11.5 Å². The van der Waals surface area contributed by atoms with Crippen molar-refractivity contribution in [3.8, 4) is 33.8 Å². The van der Waals surface area contributed by atoms with Gasteiger partial charge in [-0.05, 0) is 81.7 Å². The molecule has 2 aliphatic rings. The summed E-state index contributed by atoms with van der Waals surface area (Å²) in [6.07, 6.45) is 7.88. The average molecular weight is 679 g/mol. The number of hydrogen-bond acceptors (Lipinski definition) is 5. The van der Waals surface area contributed by atoms with Crippen molar-refractivity contribution in [1.82, 2.24) is 19.9 Å². The molecule has 9 heteroatoms. The Hall–Kier alpha value is -6.06. The van der Waals surface area contributed by atoms with Gasteiger partial charge in [-0.15, -0.1) is 0 Å². The second-order valence-electron chi connectivity index (χ2n) is 11.0. The molecule has 226 valence electrons. The van der Waals surface area contributed by atoms with Crippen molar-refractivity contribution in [2.24, 2.45) is 0 Å². The number of nitro groups is 1. The van der Waals surface area contributed by atoms with Crippen molar-refractivity contribution in [1.29, 1.82) is 0 Å². The Morgan fingerprint density at radius 3 is 1.77 bits per heavy atom. The van der Waals surface area contributed by atoms with Gasteiger partial charge in [0.15, 0.2) is 5.75 Å². The van der Waals surface area contributed by atoms with Gasteiger partial charge in [0.1, 0.15) is 11.4 Å². The molecule has 0 saturated heterocycles. The van der Waals surface area contributed by atoms with Gasteiger partial charge < -0.3 is 14.7 Å². The number of hydrogen-bond donors (Lipinski definition) is 2. The zero-order valence-corrected chi connectivity index (χ0v) is 26.2. The standard InChI is InChI=1S/C38H24BrN5O3/c39-37-31-18-14-27(40-31)35(23-8-3-1-4-9-23)29-16-20-33(42-29)38(47-26-13-7-12-25(22-26)44(45)46)34-21-17-30(43-34)36(24-10-5-2-6-11-24)28-15-19-32(37)41-28/h1-22,40,43H.